The van der Waals surface area contributed by atoms with Gasteiger partial charge in [0.25, 0.3) is 0 Å². The maximum absolute atomic E-state index is 12.0. The molecule has 6 amide bonds. The smallest absolute Gasteiger partial charge is 0.242 e. The molecule has 1 saturated heterocycles. The highest BCUT2D eigenvalue weighted by atomic mass is 32.2. The van der Waals surface area contributed by atoms with Crippen LogP contribution in [0.25, 0.3) is 0 Å². The minimum absolute atomic E-state index is 0.140. The first kappa shape index (κ1) is 28.4. The topological polar surface area (TPSA) is 154 Å². The number of carbonyl (C=O) groups excluding carboxylic acids is 6. The minimum atomic E-state index is -0.517. The highest BCUT2D eigenvalue weighted by molar-refractivity contribution is 8.00. The van der Waals surface area contributed by atoms with Crippen molar-refractivity contribution in [3.63, 3.8) is 0 Å². The van der Waals surface area contributed by atoms with Crippen LogP contribution >= 0.6 is 11.8 Å². The maximum atomic E-state index is 12.0. The summed E-state index contributed by atoms with van der Waals surface area (Å²) in [7, 11) is 0. The third-order valence-corrected chi connectivity index (χ3v) is 5.76. The first-order valence-electron chi connectivity index (χ1n) is 11.1. The molecule has 0 aromatic rings. The Labute approximate surface area is 198 Å². The molecule has 1 aliphatic heterocycles. The van der Waals surface area contributed by atoms with Crippen LogP contribution in [0.3, 0.4) is 0 Å². The van der Waals surface area contributed by atoms with Gasteiger partial charge < -0.3 is 21.3 Å². The lowest BCUT2D eigenvalue weighted by Gasteiger charge is -2.14. The van der Waals surface area contributed by atoms with E-state index in [0.29, 0.717) is 38.3 Å². The third kappa shape index (κ3) is 11.7. The number of nitrogens with one attached hydrogen (secondary N) is 4. The molecule has 33 heavy (non-hydrogen) atoms. The van der Waals surface area contributed by atoms with Gasteiger partial charge >= 0.3 is 0 Å². The van der Waals surface area contributed by atoms with Gasteiger partial charge in [-0.2, -0.15) is 11.8 Å². The van der Waals surface area contributed by atoms with Crippen LogP contribution in [0.1, 0.15) is 46.0 Å². The van der Waals surface area contributed by atoms with Gasteiger partial charge in [-0.25, -0.2) is 0 Å². The summed E-state index contributed by atoms with van der Waals surface area (Å²) in [6, 6.07) is 0. The third-order valence-electron chi connectivity index (χ3n) is 4.82. The summed E-state index contributed by atoms with van der Waals surface area (Å²) in [5.41, 5.74) is 0. The SMILES string of the molecule is CSC1CC(=O)N(CCCCCC(=O)NCC(=O)NCC(=O)NCC(=O)NCC(C)C)C1=O. The molecule has 1 atom stereocenters. The van der Waals surface area contributed by atoms with Gasteiger partial charge in [0.2, 0.25) is 35.4 Å². The fraction of sp³-hybridized carbons (Fsp3) is 0.714. The Hall–Kier alpha value is -2.63. The number of thioether (sulfide) groups is 1. The average Bonchev–Trinajstić information content (AvgIpc) is 3.05. The van der Waals surface area contributed by atoms with E-state index in [-0.39, 0.29) is 61.4 Å². The number of unbranched alkanes of at least 4 members (excludes halogenated alkanes) is 2. The van der Waals surface area contributed by atoms with Crippen molar-refractivity contribution in [2.24, 2.45) is 5.92 Å². The van der Waals surface area contributed by atoms with E-state index < -0.39 is 11.8 Å². The van der Waals surface area contributed by atoms with Crippen LogP contribution in [0, 0.1) is 5.92 Å². The van der Waals surface area contributed by atoms with Crippen LogP contribution in [-0.4, -0.2) is 84.6 Å². The fourth-order valence-electron chi connectivity index (χ4n) is 2.93. The Morgan fingerprint density at radius 2 is 1.42 bits per heavy atom. The highest BCUT2D eigenvalue weighted by Crippen LogP contribution is 2.23. The Morgan fingerprint density at radius 3 is 1.94 bits per heavy atom. The zero-order valence-corrected chi connectivity index (χ0v) is 20.3. The van der Waals surface area contributed by atoms with Crippen molar-refractivity contribution in [2.75, 3.05) is 39.0 Å². The van der Waals surface area contributed by atoms with E-state index in [2.05, 4.69) is 21.3 Å². The van der Waals surface area contributed by atoms with E-state index in [1.807, 2.05) is 20.1 Å². The van der Waals surface area contributed by atoms with Crippen LogP contribution in [-0.2, 0) is 28.8 Å². The number of likely N-dealkylation sites (tertiary alicyclic amines) is 1. The van der Waals surface area contributed by atoms with Crippen molar-refractivity contribution in [1.82, 2.24) is 26.2 Å². The van der Waals surface area contributed by atoms with E-state index in [4.69, 9.17) is 0 Å². The van der Waals surface area contributed by atoms with Crippen molar-refractivity contribution in [2.45, 2.75) is 51.2 Å². The Morgan fingerprint density at radius 1 is 0.879 bits per heavy atom. The molecule has 1 rings (SSSR count). The molecular formula is C21H35N5O6S. The highest BCUT2D eigenvalue weighted by Gasteiger charge is 2.37. The first-order valence-corrected chi connectivity index (χ1v) is 12.4. The molecule has 0 radical (unpaired) electrons. The second kappa shape index (κ2) is 15.3. The minimum Gasteiger partial charge on any atom is -0.354 e. The zero-order valence-electron chi connectivity index (χ0n) is 19.5. The molecule has 0 saturated carbocycles. The van der Waals surface area contributed by atoms with Gasteiger partial charge in [-0.3, -0.25) is 33.7 Å². The predicted molar refractivity (Wildman–Crippen MR) is 124 cm³/mol. The van der Waals surface area contributed by atoms with Crippen LogP contribution < -0.4 is 21.3 Å². The van der Waals surface area contributed by atoms with E-state index in [0.717, 1.165) is 0 Å². The quantitative estimate of drug-likeness (QED) is 0.174. The molecule has 186 valence electrons. The molecule has 0 aromatic carbocycles. The van der Waals surface area contributed by atoms with Crippen LogP contribution in [0.2, 0.25) is 0 Å². The standard InChI is InChI=1S/C21H35N5O6S/c1-14(2)10-22-17(28)12-24-19(30)13-25-18(29)11-23-16(27)7-5-4-6-8-26-20(31)9-15(33-3)21(26)32/h14-15H,4-13H2,1-3H3,(H,22,28)(H,23,27)(H,24,30)(H,25,29). The summed E-state index contributed by atoms with van der Waals surface area (Å²) in [6.07, 6.45) is 4.14. The second-order valence-corrected chi connectivity index (χ2v) is 9.19. The summed E-state index contributed by atoms with van der Waals surface area (Å²) < 4.78 is 0. The summed E-state index contributed by atoms with van der Waals surface area (Å²) in [5, 5.41) is 9.62. The van der Waals surface area contributed by atoms with Crippen molar-refractivity contribution in [3.8, 4) is 0 Å². The van der Waals surface area contributed by atoms with Gasteiger partial charge in [0.15, 0.2) is 0 Å². The summed E-state index contributed by atoms with van der Waals surface area (Å²) in [5.74, 6) is -1.61. The van der Waals surface area contributed by atoms with Crippen LogP contribution in [0.4, 0.5) is 0 Å². The number of carbonyl (C=O) groups is 6. The Bertz CT molecular complexity index is 730. The van der Waals surface area contributed by atoms with Crippen molar-refractivity contribution in [3.05, 3.63) is 0 Å². The van der Waals surface area contributed by atoms with Gasteiger partial charge in [-0.15, -0.1) is 0 Å². The lowest BCUT2D eigenvalue weighted by atomic mass is 10.2. The number of hydrogen-bond donors (Lipinski definition) is 4. The molecule has 1 unspecified atom stereocenters. The van der Waals surface area contributed by atoms with Gasteiger partial charge in [-0.1, -0.05) is 20.3 Å². The molecule has 0 spiro atoms. The monoisotopic (exact) mass is 485 g/mol. The van der Waals surface area contributed by atoms with E-state index in [1.165, 1.54) is 16.7 Å². The molecule has 4 N–H and O–H groups in total. The van der Waals surface area contributed by atoms with Crippen molar-refractivity contribution in [1.29, 1.82) is 0 Å². The molecule has 0 aliphatic carbocycles. The molecule has 1 aliphatic rings. The molecule has 0 aromatic heterocycles. The fourth-order valence-corrected chi connectivity index (χ4v) is 3.57. The number of hydrogen-bond acceptors (Lipinski definition) is 7. The van der Waals surface area contributed by atoms with Crippen LogP contribution in [0.15, 0.2) is 0 Å². The Balaban J connectivity index is 2.07. The molecule has 0 bridgehead atoms. The second-order valence-electron chi connectivity index (χ2n) is 8.15. The van der Waals surface area contributed by atoms with Gasteiger partial charge in [0.1, 0.15) is 0 Å². The average molecular weight is 486 g/mol. The Kier molecular flexibility index (Phi) is 13.1. The maximum Gasteiger partial charge on any atom is 0.242 e. The predicted octanol–water partition coefficient (Wildman–Crippen LogP) is -0.842. The lowest BCUT2D eigenvalue weighted by Crippen LogP contribution is -2.44. The summed E-state index contributed by atoms with van der Waals surface area (Å²) >= 11 is 1.38. The van der Waals surface area contributed by atoms with E-state index >= 15 is 0 Å². The number of amides is 6. The van der Waals surface area contributed by atoms with Gasteiger partial charge in [-0.05, 0) is 25.0 Å². The largest absolute Gasteiger partial charge is 0.354 e. The van der Waals surface area contributed by atoms with Crippen molar-refractivity contribution >= 4 is 47.2 Å². The lowest BCUT2D eigenvalue weighted by molar-refractivity contribution is -0.138. The number of nitrogens with zero attached hydrogens (tertiary/aromatic N) is 1. The van der Waals surface area contributed by atoms with Crippen LogP contribution in [0.5, 0.6) is 0 Å². The van der Waals surface area contributed by atoms with Gasteiger partial charge in [0.05, 0.1) is 24.9 Å². The zero-order chi connectivity index (χ0) is 24.8. The first-order chi connectivity index (χ1) is 15.6. The number of rotatable bonds is 15. The summed E-state index contributed by atoms with van der Waals surface area (Å²) in [6.45, 7) is 4.06. The van der Waals surface area contributed by atoms with Gasteiger partial charge in [0, 0.05) is 25.9 Å². The molecule has 1 heterocycles. The van der Waals surface area contributed by atoms with Crippen molar-refractivity contribution < 1.29 is 28.8 Å². The van der Waals surface area contributed by atoms with E-state index in [9.17, 15) is 28.8 Å². The van der Waals surface area contributed by atoms with E-state index in [1.54, 1.807) is 0 Å². The normalized spacial score (nSPS) is 15.5. The number of imide groups is 1. The molecule has 1 fully saturated rings. The molecule has 12 heteroatoms. The summed E-state index contributed by atoms with van der Waals surface area (Å²) in [4.78, 5) is 71.9. The molecule has 11 nitrogen and oxygen atoms in total. The molecular weight excluding hydrogens is 450 g/mol.